The molecule has 2 heteroatoms. The quantitative estimate of drug-likeness (QED) is 0.762. The van der Waals surface area contributed by atoms with E-state index in [9.17, 15) is 0 Å². The molecule has 90 valence electrons. The van der Waals surface area contributed by atoms with Crippen molar-refractivity contribution < 1.29 is 0 Å². The molecule has 1 unspecified atom stereocenters. The lowest BCUT2D eigenvalue weighted by atomic mass is 9.85. The van der Waals surface area contributed by atoms with Crippen molar-refractivity contribution in [2.45, 2.75) is 58.9 Å². The van der Waals surface area contributed by atoms with Crippen LogP contribution in [0.1, 0.15) is 52.9 Å². The van der Waals surface area contributed by atoms with Crippen molar-refractivity contribution in [3.05, 3.63) is 0 Å². The number of hydrogen-bond donors (Lipinski definition) is 1. The van der Waals surface area contributed by atoms with Crippen LogP contribution in [0, 0.1) is 5.41 Å². The smallest absolute Gasteiger partial charge is 0.0266 e. The first-order chi connectivity index (χ1) is 7.05. The topological polar surface area (TPSA) is 29.3 Å². The molecular formula is C13H28N2. The van der Waals surface area contributed by atoms with Crippen LogP contribution in [0.2, 0.25) is 0 Å². The highest BCUT2D eigenvalue weighted by atomic mass is 15.2. The van der Waals surface area contributed by atoms with Crippen molar-refractivity contribution in [2.24, 2.45) is 11.1 Å². The molecule has 2 nitrogen and oxygen atoms in total. The molecule has 0 aromatic heterocycles. The zero-order valence-corrected chi connectivity index (χ0v) is 10.8. The van der Waals surface area contributed by atoms with Crippen molar-refractivity contribution in [3.8, 4) is 0 Å². The van der Waals surface area contributed by atoms with Gasteiger partial charge in [0, 0.05) is 12.6 Å². The first kappa shape index (κ1) is 13.0. The minimum absolute atomic E-state index is 0.313. The van der Waals surface area contributed by atoms with E-state index in [1.807, 2.05) is 0 Å². The molecule has 1 atom stereocenters. The third-order valence-electron chi connectivity index (χ3n) is 3.55. The van der Waals surface area contributed by atoms with Crippen LogP contribution in [0.25, 0.3) is 0 Å². The Hall–Kier alpha value is -0.0800. The maximum atomic E-state index is 5.94. The number of nitrogens with zero attached hydrogens (tertiary/aromatic N) is 1. The molecule has 0 amide bonds. The van der Waals surface area contributed by atoms with Gasteiger partial charge in [-0.2, -0.15) is 0 Å². The summed E-state index contributed by atoms with van der Waals surface area (Å²) in [5, 5.41) is 0. The molecule has 2 N–H and O–H groups in total. The summed E-state index contributed by atoms with van der Waals surface area (Å²) in [6, 6.07) is 0.551. The molecule has 0 spiro atoms. The Morgan fingerprint density at radius 3 is 1.87 bits per heavy atom. The van der Waals surface area contributed by atoms with Crippen LogP contribution in [-0.4, -0.2) is 30.6 Å². The normalized spacial score (nSPS) is 23.2. The summed E-state index contributed by atoms with van der Waals surface area (Å²) in [7, 11) is 0. The van der Waals surface area contributed by atoms with E-state index in [4.69, 9.17) is 5.73 Å². The molecule has 0 aromatic carbocycles. The fraction of sp³-hybridized carbons (Fsp3) is 1.00. The van der Waals surface area contributed by atoms with Crippen LogP contribution in [0.3, 0.4) is 0 Å². The van der Waals surface area contributed by atoms with E-state index in [1.54, 1.807) is 0 Å². The first-order valence-electron chi connectivity index (χ1n) is 6.50. The minimum atomic E-state index is 0.313. The highest BCUT2D eigenvalue weighted by molar-refractivity contribution is 4.84. The molecule has 1 aliphatic heterocycles. The number of likely N-dealkylation sites (tertiary alicyclic amines) is 1. The molecule has 15 heavy (non-hydrogen) atoms. The zero-order valence-electron chi connectivity index (χ0n) is 10.8. The molecule has 0 saturated carbocycles. The SMILES string of the molecule is CC(C)(C)C(CN)N1CCCCCCC1. The standard InChI is InChI=1S/C13H28N2/c1-13(2,3)12(11-14)15-9-7-5-4-6-8-10-15/h12H,4-11,14H2,1-3H3. The number of nitrogens with two attached hydrogens (primary N) is 1. The predicted molar refractivity (Wildman–Crippen MR) is 67.0 cm³/mol. The molecule has 0 aromatic rings. The largest absolute Gasteiger partial charge is 0.329 e. The van der Waals surface area contributed by atoms with Crippen molar-refractivity contribution in [3.63, 3.8) is 0 Å². The summed E-state index contributed by atoms with van der Waals surface area (Å²) >= 11 is 0. The van der Waals surface area contributed by atoms with Crippen LogP contribution in [0.5, 0.6) is 0 Å². The highest BCUT2D eigenvalue weighted by Gasteiger charge is 2.28. The molecule has 1 fully saturated rings. The van der Waals surface area contributed by atoms with Crippen LogP contribution in [0.4, 0.5) is 0 Å². The fourth-order valence-electron chi connectivity index (χ4n) is 2.63. The van der Waals surface area contributed by atoms with Crippen molar-refractivity contribution in [1.82, 2.24) is 4.90 Å². The van der Waals surface area contributed by atoms with E-state index in [1.165, 1.54) is 45.2 Å². The second-order valence-corrected chi connectivity index (χ2v) is 5.92. The van der Waals surface area contributed by atoms with E-state index < -0.39 is 0 Å². The predicted octanol–water partition coefficient (Wildman–Crippen LogP) is 2.63. The second kappa shape index (κ2) is 5.86. The van der Waals surface area contributed by atoms with Gasteiger partial charge in [0.05, 0.1) is 0 Å². The third kappa shape index (κ3) is 4.12. The first-order valence-corrected chi connectivity index (χ1v) is 6.50. The minimum Gasteiger partial charge on any atom is -0.329 e. The van der Waals surface area contributed by atoms with Gasteiger partial charge in [-0.05, 0) is 31.3 Å². The summed E-state index contributed by atoms with van der Waals surface area (Å²) in [5.41, 5.74) is 6.25. The van der Waals surface area contributed by atoms with Crippen LogP contribution in [-0.2, 0) is 0 Å². The van der Waals surface area contributed by atoms with Crippen LogP contribution < -0.4 is 5.73 Å². The Balaban J connectivity index is 2.56. The second-order valence-electron chi connectivity index (χ2n) is 5.92. The Labute approximate surface area is 95.2 Å². The van der Waals surface area contributed by atoms with E-state index in [0.29, 0.717) is 11.5 Å². The number of hydrogen-bond acceptors (Lipinski definition) is 2. The molecule has 1 heterocycles. The average Bonchev–Trinajstić information content (AvgIpc) is 2.07. The van der Waals surface area contributed by atoms with Gasteiger partial charge in [-0.15, -0.1) is 0 Å². The van der Waals surface area contributed by atoms with Gasteiger partial charge in [0.1, 0.15) is 0 Å². The molecular weight excluding hydrogens is 184 g/mol. The van der Waals surface area contributed by atoms with Gasteiger partial charge in [0.2, 0.25) is 0 Å². The molecule has 1 rings (SSSR count). The van der Waals surface area contributed by atoms with Gasteiger partial charge in [0.25, 0.3) is 0 Å². The summed E-state index contributed by atoms with van der Waals surface area (Å²) in [4.78, 5) is 2.62. The monoisotopic (exact) mass is 212 g/mol. The van der Waals surface area contributed by atoms with E-state index in [2.05, 4.69) is 25.7 Å². The van der Waals surface area contributed by atoms with Crippen molar-refractivity contribution >= 4 is 0 Å². The maximum absolute atomic E-state index is 5.94. The average molecular weight is 212 g/mol. The summed E-state index contributed by atoms with van der Waals surface area (Å²) in [6.07, 6.45) is 6.94. The van der Waals surface area contributed by atoms with Gasteiger partial charge in [-0.1, -0.05) is 40.0 Å². The fourth-order valence-corrected chi connectivity index (χ4v) is 2.63. The summed E-state index contributed by atoms with van der Waals surface area (Å²) in [6.45, 7) is 10.2. The lowest BCUT2D eigenvalue weighted by Crippen LogP contribution is -2.49. The van der Waals surface area contributed by atoms with Gasteiger partial charge in [-0.25, -0.2) is 0 Å². The van der Waals surface area contributed by atoms with E-state index in [0.717, 1.165) is 6.54 Å². The van der Waals surface area contributed by atoms with Gasteiger partial charge < -0.3 is 5.73 Å². The Morgan fingerprint density at radius 1 is 1.00 bits per heavy atom. The molecule has 1 saturated heterocycles. The van der Waals surface area contributed by atoms with Crippen molar-refractivity contribution in [1.29, 1.82) is 0 Å². The van der Waals surface area contributed by atoms with E-state index in [-0.39, 0.29) is 0 Å². The Morgan fingerprint density at radius 2 is 1.47 bits per heavy atom. The maximum Gasteiger partial charge on any atom is 0.0266 e. The number of rotatable bonds is 2. The third-order valence-corrected chi connectivity index (χ3v) is 3.55. The van der Waals surface area contributed by atoms with Gasteiger partial charge in [0.15, 0.2) is 0 Å². The zero-order chi connectivity index (χ0) is 11.3. The molecule has 1 aliphatic rings. The lowest BCUT2D eigenvalue weighted by Gasteiger charge is -2.40. The summed E-state index contributed by atoms with van der Waals surface area (Å²) < 4.78 is 0. The Bertz CT molecular complexity index is 164. The molecule has 0 bridgehead atoms. The van der Waals surface area contributed by atoms with Gasteiger partial charge >= 0.3 is 0 Å². The molecule has 0 radical (unpaired) electrons. The van der Waals surface area contributed by atoms with Gasteiger partial charge in [-0.3, -0.25) is 4.90 Å². The highest BCUT2D eigenvalue weighted by Crippen LogP contribution is 2.25. The van der Waals surface area contributed by atoms with Crippen LogP contribution >= 0.6 is 0 Å². The van der Waals surface area contributed by atoms with Crippen LogP contribution in [0.15, 0.2) is 0 Å². The lowest BCUT2D eigenvalue weighted by molar-refractivity contribution is 0.0959. The summed E-state index contributed by atoms with van der Waals surface area (Å²) in [5.74, 6) is 0. The Kier molecular flexibility index (Phi) is 5.07. The molecule has 0 aliphatic carbocycles. The van der Waals surface area contributed by atoms with Crippen molar-refractivity contribution in [2.75, 3.05) is 19.6 Å². The van der Waals surface area contributed by atoms with E-state index >= 15 is 0 Å².